The molecule has 0 radical (unpaired) electrons. The Morgan fingerprint density at radius 3 is 2.68 bits per heavy atom. The molecule has 0 spiro atoms. The maximum atomic E-state index is 5.47. The number of hydrogen-bond acceptors (Lipinski definition) is 5. The lowest BCUT2D eigenvalue weighted by molar-refractivity contribution is 0.122. The van der Waals surface area contributed by atoms with Crippen LogP contribution in [0, 0.1) is 0 Å². The molecule has 1 aliphatic heterocycles. The van der Waals surface area contributed by atoms with Crippen molar-refractivity contribution in [3.8, 4) is 0 Å². The summed E-state index contributed by atoms with van der Waals surface area (Å²) in [7, 11) is 3.99. The van der Waals surface area contributed by atoms with Crippen LogP contribution >= 0.6 is 0 Å². The van der Waals surface area contributed by atoms with Gasteiger partial charge in [0, 0.05) is 57.6 Å². The summed E-state index contributed by atoms with van der Waals surface area (Å²) in [6.45, 7) is 8.04. The second-order valence-corrected chi connectivity index (χ2v) is 7.98. The summed E-state index contributed by atoms with van der Waals surface area (Å²) in [5.41, 5.74) is 2.51. The van der Waals surface area contributed by atoms with E-state index in [4.69, 9.17) is 4.74 Å². The zero-order valence-corrected chi connectivity index (χ0v) is 19.1. The first-order valence-electron chi connectivity index (χ1n) is 11.1. The van der Waals surface area contributed by atoms with Crippen molar-refractivity contribution in [2.24, 2.45) is 4.99 Å². The quantitative estimate of drug-likeness (QED) is 0.476. The number of benzene rings is 1. The SMILES string of the molecule is CN=C(NCCC(C)N(C)Cc1ccccc1)NCc1cccnc1N1CCOCC1. The van der Waals surface area contributed by atoms with E-state index in [9.17, 15) is 0 Å². The fraction of sp³-hybridized carbons (Fsp3) is 0.500. The van der Waals surface area contributed by atoms with Gasteiger partial charge in [-0.15, -0.1) is 0 Å². The van der Waals surface area contributed by atoms with Gasteiger partial charge in [0.2, 0.25) is 0 Å². The Hall–Kier alpha value is -2.64. The predicted molar refractivity (Wildman–Crippen MR) is 127 cm³/mol. The fourth-order valence-corrected chi connectivity index (χ4v) is 3.67. The largest absolute Gasteiger partial charge is 0.378 e. The Morgan fingerprint density at radius 2 is 1.94 bits per heavy atom. The Labute approximate surface area is 186 Å². The summed E-state index contributed by atoms with van der Waals surface area (Å²) in [4.78, 5) is 13.7. The van der Waals surface area contributed by atoms with E-state index in [1.807, 2.05) is 19.3 Å². The van der Waals surface area contributed by atoms with Crippen molar-refractivity contribution in [2.45, 2.75) is 32.5 Å². The average molecular weight is 425 g/mol. The molecule has 3 rings (SSSR count). The summed E-state index contributed by atoms with van der Waals surface area (Å²) in [6, 6.07) is 15.2. The van der Waals surface area contributed by atoms with Gasteiger partial charge in [0.1, 0.15) is 5.82 Å². The van der Waals surface area contributed by atoms with E-state index < -0.39 is 0 Å². The fourth-order valence-electron chi connectivity index (χ4n) is 3.67. The standard InChI is InChI=1S/C24H36N6O/c1-20(29(3)19-21-8-5-4-6-9-21)11-13-27-24(25-2)28-18-22-10-7-12-26-23(22)30-14-16-31-17-15-30/h4-10,12,20H,11,13-19H2,1-3H3,(H2,25,27,28). The highest BCUT2D eigenvalue weighted by Gasteiger charge is 2.16. The number of aliphatic imine (C=N–C) groups is 1. The number of ether oxygens (including phenoxy) is 1. The van der Waals surface area contributed by atoms with E-state index in [2.05, 4.69) is 80.8 Å². The number of guanidine groups is 1. The first-order valence-corrected chi connectivity index (χ1v) is 11.1. The van der Waals surface area contributed by atoms with Crippen LogP contribution in [-0.4, -0.2) is 68.8 Å². The van der Waals surface area contributed by atoms with E-state index in [1.54, 1.807) is 0 Å². The Morgan fingerprint density at radius 1 is 1.16 bits per heavy atom. The van der Waals surface area contributed by atoms with E-state index in [0.29, 0.717) is 12.6 Å². The number of aromatic nitrogens is 1. The van der Waals surface area contributed by atoms with E-state index in [-0.39, 0.29) is 0 Å². The Balaban J connectivity index is 1.44. The molecule has 1 fully saturated rings. The molecule has 168 valence electrons. The molecule has 1 atom stereocenters. The van der Waals surface area contributed by atoms with Crippen LogP contribution < -0.4 is 15.5 Å². The van der Waals surface area contributed by atoms with Gasteiger partial charge >= 0.3 is 0 Å². The van der Waals surface area contributed by atoms with Crippen LogP contribution in [0.25, 0.3) is 0 Å². The minimum absolute atomic E-state index is 0.469. The lowest BCUT2D eigenvalue weighted by atomic mass is 10.1. The minimum Gasteiger partial charge on any atom is -0.378 e. The summed E-state index contributed by atoms with van der Waals surface area (Å²) in [5.74, 6) is 1.85. The maximum Gasteiger partial charge on any atom is 0.191 e. The summed E-state index contributed by atoms with van der Waals surface area (Å²) in [6.07, 6.45) is 2.89. The molecule has 7 nitrogen and oxygen atoms in total. The lowest BCUT2D eigenvalue weighted by Gasteiger charge is -2.29. The zero-order valence-electron chi connectivity index (χ0n) is 19.1. The van der Waals surface area contributed by atoms with Crippen LogP contribution in [0.5, 0.6) is 0 Å². The van der Waals surface area contributed by atoms with Crippen molar-refractivity contribution < 1.29 is 4.74 Å². The molecule has 1 aromatic heterocycles. The van der Waals surface area contributed by atoms with Crippen molar-refractivity contribution >= 4 is 11.8 Å². The van der Waals surface area contributed by atoms with Gasteiger partial charge in [0.25, 0.3) is 0 Å². The third-order valence-corrected chi connectivity index (χ3v) is 5.73. The topological polar surface area (TPSA) is 65.0 Å². The monoisotopic (exact) mass is 424 g/mol. The highest BCUT2D eigenvalue weighted by atomic mass is 16.5. The molecule has 31 heavy (non-hydrogen) atoms. The number of anilines is 1. The number of hydrogen-bond donors (Lipinski definition) is 2. The molecule has 2 aromatic rings. The molecule has 0 amide bonds. The average Bonchev–Trinajstić information content (AvgIpc) is 2.82. The smallest absolute Gasteiger partial charge is 0.191 e. The van der Waals surface area contributed by atoms with E-state index in [0.717, 1.165) is 57.6 Å². The van der Waals surface area contributed by atoms with Crippen LogP contribution in [-0.2, 0) is 17.8 Å². The molecule has 1 aromatic carbocycles. The molecule has 1 saturated heterocycles. The van der Waals surface area contributed by atoms with Crippen LogP contribution in [0.1, 0.15) is 24.5 Å². The summed E-state index contributed by atoms with van der Waals surface area (Å²) in [5, 5.41) is 6.88. The lowest BCUT2D eigenvalue weighted by Crippen LogP contribution is -2.40. The number of pyridine rings is 1. The molecule has 1 aliphatic rings. The normalized spacial score (nSPS) is 15.7. The van der Waals surface area contributed by atoms with Gasteiger partial charge in [-0.1, -0.05) is 36.4 Å². The van der Waals surface area contributed by atoms with Gasteiger partial charge in [-0.25, -0.2) is 4.98 Å². The number of nitrogens with one attached hydrogen (secondary N) is 2. The zero-order chi connectivity index (χ0) is 21.9. The van der Waals surface area contributed by atoms with E-state index >= 15 is 0 Å². The Kier molecular flexibility index (Phi) is 9.12. The number of nitrogens with zero attached hydrogens (tertiary/aromatic N) is 4. The van der Waals surface area contributed by atoms with Crippen molar-refractivity contribution in [2.75, 3.05) is 51.8 Å². The van der Waals surface area contributed by atoms with Crippen LogP contribution in [0.2, 0.25) is 0 Å². The van der Waals surface area contributed by atoms with E-state index in [1.165, 1.54) is 11.1 Å². The molecule has 0 saturated carbocycles. The minimum atomic E-state index is 0.469. The molecule has 2 N–H and O–H groups in total. The molecule has 1 unspecified atom stereocenters. The number of morpholine rings is 1. The molecule has 7 heteroatoms. The third-order valence-electron chi connectivity index (χ3n) is 5.73. The van der Waals surface area contributed by atoms with Gasteiger partial charge in [0.15, 0.2) is 5.96 Å². The molecular formula is C24H36N6O. The van der Waals surface area contributed by atoms with Gasteiger partial charge in [-0.2, -0.15) is 0 Å². The van der Waals surface area contributed by atoms with Gasteiger partial charge < -0.3 is 20.3 Å². The van der Waals surface area contributed by atoms with Crippen LogP contribution in [0.4, 0.5) is 5.82 Å². The Bertz CT molecular complexity index is 807. The third kappa shape index (κ3) is 7.22. The van der Waals surface area contributed by atoms with Crippen LogP contribution in [0.15, 0.2) is 53.7 Å². The maximum absolute atomic E-state index is 5.47. The van der Waals surface area contributed by atoms with Crippen LogP contribution in [0.3, 0.4) is 0 Å². The van der Waals surface area contributed by atoms with Crippen molar-refractivity contribution in [3.05, 3.63) is 59.8 Å². The predicted octanol–water partition coefficient (Wildman–Crippen LogP) is 2.49. The molecule has 0 aliphatic carbocycles. The van der Waals surface area contributed by atoms with Crippen molar-refractivity contribution in [1.29, 1.82) is 0 Å². The first kappa shape index (κ1) is 23.0. The molecule has 2 heterocycles. The second-order valence-electron chi connectivity index (χ2n) is 7.98. The highest BCUT2D eigenvalue weighted by Crippen LogP contribution is 2.18. The van der Waals surface area contributed by atoms with Gasteiger partial charge in [-0.3, -0.25) is 9.89 Å². The number of rotatable bonds is 9. The van der Waals surface area contributed by atoms with Crippen molar-refractivity contribution in [1.82, 2.24) is 20.5 Å². The van der Waals surface area contributed by atoms with Gasteiger partial charge in [-0.05, 0) is 32.0 Å². The molecular weight excluding hydrogens is 388 g/mol. The molecule has 0 bridgehead atoms. The van der Waals surface area contributed by atoms with Gasteiger partial charge in [0.05, 0.1) is 13.2 Å². The summed E-state index contributed by atoms with van der Waals surface area (Å²) >= 11 is 0. The first-order chi connectivity index (χ1) is 15.2. The summed E-state index contributed by atoms with van der Waals surface area (Å²) < 4.78 is 5.47. The van der Waals surface area contributed by atoms with Crippen molar-refractivity contribution in [3.63, 3.8) is 0 Å². The second kappa shape index (κ2) is 12.3. The highest BCUT2D eigenvalue weighted by molar-refractivity contribution is 5.79.